The first-order valence-electron chi connectivity index (χ1n) is 6.12. The number of thiazole rings is 1. The highest BCUT2D eigenvalue weighted by Crippen LogP contribution is 2.31. The molecule has 19 heavy (non-hydrogen) atoms. The second kappa shape index (κ2) is 4.99. The second-order valence-electron chi connectivity index (χ2n) is 4.41. The zero-order valence-corrected chi connectivity index (χ0v) is 11.4. The van der Waals surface area contributed by atoms with E-state index in [2.05, 4.69) is 11.1 Å². The third kappa shape index (κ3) is 2.59. The van der Waals surface area contributed by atoms with Crippen molar-refractivity contribution < 1.29 is 4.42 Å². The van der Waals surface area contributed by atoms with Crippen molar-refractivity contribution in [3.63, 3.8) is 0 Å². The Bertz CT molecular complexity index is 691. The van der Waals surface area contributed by atoms with Gasteiger partial charge in [0.25, 0.3) is 0 Å². The summed E-state index contributed by atoms with van der Waals surface area (Å²) in [7, 11) is 0. The van der Waals surface area contributed by atoms with E-state index >= 15 is 0 Å². The van der Waals surface area contributed by atoms with Crippen molar-refractivity contribution in [2.45, 2.75) is 13.0 Å². The van der Waals surface area contributed by atoms with E-state index < -0.39 is 0 Å². The number of furan rings is 1. The van der Waals surface area contributed by atoms with Gasteiger partial charge in [-0.1, -0.05) is 18.2 Å². The summed E-state index contributed by atoms with van der Waals surface area (Å²) in [4.78, 5) is 4.57. The van der Waals surface area contributed by atoms with Crippen molar-refractivity contribution in [2.75, 3.05) is 0 Å². The molecule has 1 unspecified atom stereocenters. The Balaban J connectivity index is 1.93. The molecule has 0 spiro atoms. The zero-order chi connectivity index (χ0) is 13.2. The van der Waals surface area contributed by atoms with E-state index in [4.69, 9.17) is 10.2 Å². The Morgan fingerprint density at radius 3 is 2.89 bits per heavy atom. The predicted octanol–water partition coefficient (Wildman–Crippen LogP) is 3.92. The van der Waals surface area contributed by atoms with E-state index in [1.54, 1.807) is 11.3 Å². The average molecular weight is 270 g/mol. The summed E-state index contributed by atoms with van der Waals surface area (Å²) in [6, 6.07) is 12.0. The molecule has 0 saturated heterocycles. The highest BCUT2D eigenvalue weighted by molar-refractivity contribution is 7.21. The Kier molecular flexibility index (Phi) is 3.19. The molecule has 0 bridgehead atoms. The van der Waals surface area contributed by atoms with Crippen molar-refractivity contribution in [3.8, 4) is 10.8 Å². The lowest BCUT2D eigenvalue weighted by molar-refractivity contribution is 0.571. The monoisotopic (exact) mass is 270 g/mol. The molecule has 2 N–H and O–H groups in total. The van der Waals surface area contributed by atoms with E-state index in [0.29, 0.717) is 0 Å². The lowest BCUT2D eigenvalue weighted by Gasteiger charge is -1.92. The van der Waals surface area contributed by atoms with E-state index in [0.717, 1.165) is 22.0 Å². The molecule has 0 aliphatic heterocycles. The molecule has 2 aromatic heterocycles. The van der Waals surface area contributed by atoms with Crippen LogP contribution >= 0.6 is 11.3 Å². The van der Waals surface area contributed by atoms with E-state index in [-0.39, 0.29) is 6.04 Å². The minimum atomic E-state index is 0.0241. The smallest absolute Gasteiger partial charge is 0.163 e. The van der Waals surface area contributed by atoms with Crippen LogP contribution in [-0.4, -0.2) is 11.0 Å². The molecule has 0 amide bonds. The van der Waals surface area contributed by atoms with Gasteiger partial charge < -0.3 is 10.2 Å². The second-order valence-corrected chi connectivity index (χ2v) is 5.44. The van der Waals surface area contributed by atoms with Gasteiger partial charge in [-0.3, -0.25) is 0 Å². The van der Waals surface area contributed by atoms with Gasteiger partial charge in [0.15, 0.2) is 10.8 Å². The molecule has 0 radical (unpaired) electrons. The minimum Gasteiger partial charge on any atom is -0.454 e. The molecule has 1 aromatic carbocycles. The largest absolute Gasteiger partial charge is 0.454 e. The van der Waals surface area contributed by atoms with Crippen LogP contribution in [0.25, 0.3) is 27.1 Å². The van der Waals surface area contributed by atoms with Crippen molar-refractivity contribution in [2.24, 2.45) is 5.73 Å². The number of aromatic nitrogens is 1. The number of nitrogens with zero attached hydrogens (tertiary/aromatic N) is 1. The molecular weight excluding hydrogens is 256 g/mol. The quantitative estimate of drug-likeness (QED) is 0.785. The third-order valence-electron chi connectivity index (χ3n) is 2.70. The third-order valence-corrected chi connectivity index (χ3v) is 3.75. The maximum atomic E-state index is 5.76. The molecular formula is C15H14N2OS. The summed E-state index contributed by atoms with van der Waals surface area (Å²) in [5.74, 6) is 1.59. The van der Waals surface area contributed by atoms with Gasteiger partial charge in [-0.05, 0) is 37.3 Å². The maximum absolute atomic E-state index is 5.76. The molecule has 3 rings (SSSR count). The van der Waals surface area contributed by atoms with Crippen LogP contribution in [0.3, 0.4) is 0 Å². The van der Waals surface area contributed by atoms with Gasteiger partial charge in [-0.25, -0.2) is 4.98 Å². The fourth-order valence-electron chi connectivity index (χ4n) is 1.78. The fraction of sp³-hybridized carbons (Fsp3) is 0.133. The summed E-state index contributed by atoms with van der Waals surface area (Å²) < 4.78 is 6.92. The zero-order valence-electron chi connectivity index (χ0n) is 10.5. The van der Waals surface area contributed by atoms with E-state index in [9.17, 15) is 0 Å². The summed E-state index contributed by atoms with van der Waals surface area (Å²) in [5.41, 5.74) is 6.68. The van der Waals surface area contributed by atoms with Crippen LogP contribution in [0, 0.1) is 0 Å². The first-order valence-corrected chi connectivity index (χ1v) is 6.93. The number of hydrogen-bond donors (Lipinski definition) is 1. The van der Waals surface area contributed by atoms with E-state index in [1.165, 1.54) is 4.70 Å². The van der Waals surface area contributed by atoms with Crippen LogP contribution in [0.2, 0.25) is 0 Å². The van der Waals surface area contributed by atoms with Gasteiger partial charge in [0, 0.05) is 6.04 Å². The first kappa shape index (κ1) is 12.1. The van der Waals surface area contributed by atoms with Gasteiger partial charge in [-0.15, -0.1) is 11.3 Å². The maximum Gasteiger partial charge on any atom is 0.163 e. The van der Waals surface area contributed by atoms with Crippen LogP contribution in [0.4, 0.5) is 0 Å². The Labute approximate surface area is 115 Å². The van der Waals surface area contributed by atoms with Gasteiger partial charge in [-0.2, -0.15) is 0 Å². The van der Waals surface area contributed by atoms with Crippen molar-refractivity contribution >= 4 is 27.6 Å². The molecule has 0 aliphatic rings. The highest BCUT2D eigenvalue weighted by atomic mass is 32.1. The summed E-state index contributed by atoms with van der Waals surface area (Å²) in [5, 5.41) is 0.904. The summed E-state index contributed by atoms with van der Waals surface area (Å²) in [6.07, 6.45) is 3.79. The number of rotatable bonds is 3. The predicted molar refractivity (Wildman–Crippen MR) is 80.0 cm³/mol. The van der Waals surface area contributed by atoms with Crippen LogP contribution in [0.5, 0.6) is 0 Å². The van der Waals surface area contributed by atoms with Crippen LogP contribution in [-0.2, 0) is 0 Å². The van der Waals surface area contributed by atoms with Gasteiger partial charge >= 0.3 is 0 Å². The lowest BCUT2D eigenvalue weighted by Crippen LogP contribution is -2.09. The van der Waals surface area contributed by atoms with E-state index in [1.807, 2.05) is 49.4 Å². The molecule has 0 saturated carbocycles. The average Bonchev–Trinajstić information content (AvgIpc) is 3.02. The topological polar surface area (TPSA) is 52.0 Å². The highest BCUT2D eigenvalue weighted by Gasteiger charge is 2.09. The Morgan fingerprint density at radius 2 is 2.11 bits per heavy atom. The number of benzene rings is 1. The number of para-hydroxylation sites is 1. The van der Waals surface area contributed by atoms with Gasteiger partial charge in [0.2, 0.25) is 0 Å². The number of nitrogens with two attached hydrogens (primary N) is 1. The molecule has 3 nitrogen and oxygen atoms in total. The number of fused-ring (bicyclic) bond motifs is 1. The fourth-order valence-corrected chi connectivity index (χ4v) is 2.71. The van der Waals surface area contributed by atoms with Crippen molar-refractivity contribution in [3.05, 3.63) is 48.2 Å². The molecule has 0 fully saturated rings. The Hall–Kier alpha value is -1.91. The molecule has 0 aliphatic carbocycles. The lowest BCUT2D eigenvalue weighted by atomic mass is 10.3. The Morgan fingerprint density at radius 1 is 1.26 bits per heavy atom. The summed E-state index contributed by atoms with van der Waals surface area (Å²) >= 11 is 1.63. The standard InChI is InChI=1S/C15H14N2OS/c1-10(16)6-7-11-8-9-13(18-11)15-17-12-4-2-3-5-14(12)19-15/h2-10H,16H2,1H3/b7-6+. The van der Waals surface area contributed by atoms with Gasteiger partial charge in [0.05, 0.1) is 10.2 Å². The molecule has 96 valence electrons. The number of hydrogen-bond acceptors (Lipinski definition) is 4. The molecule has 1 atom stereocenters. The van der Waals surface area contributed by atoms with Crippen LogP contribution in [0.15, 0.2) is 46.9 Å². The normalized spacial score (nSPS) is 13.4. The van der Waals surface area contributed by atoms with Crippen molar-refractivity contribution in [1.82, 2.24) is 4.98 Å². The van der Waals surface area contributed by atoms with Gasteiger partial charge in [0.1, 0.15) is 5.76 Å². The van der Waals surface area contributed by atoms with Crippen molar-refractivity contribution in [1.29, 1.82) is 0 Å². The molecule has 3 aromatic rings. The minimum absolute atomic E-state index is 0.0241. The van der Waals surface area contributed by atoms with Crippen LogP contribution < -0.4 is 5.73 Å². The first-order chi connectivity index (χ1) is 9.22. The molecule has 4 heteroatoms. The summed E-state index contributed by atoms with van der Waals surface area (Å²) in [6.45, 7) is 1.92. The van der Waals surface area contributed by atoms with Crippen LogP contribution in [0.1, 0.15) is 12.7 Å². The SMILES string of the molecule is CC(N)/C=C/c1ccc(-c2nc3ccccc3s2)o1. The molecule has 2 heterocycles.